The summed E-state index contributed by atoms with van der Waals surface area (Å²) in [5.74, 6) is -1.01. The first-order chi connectivity index (χ1) is 8.78. The molecular weight excluding hydrogens is 252 g/mol. The van der Waals surface area contributed by atoms with Crippen LogP contribution in [0.25, 0.3) is 0 Å². The zero-order valence-corrected chi connectivity index (χ0v) is 11.0. The van der Waals surface area contributed by atoms with Gasteiger partial charge in [-0.1, -0.05) is 5.16 Å². The van der Waals surface area contributed by atoms with Gasteiger partial charge in [-0.2, -0.15) is 0 Å². The largest absolute Gasteiger partial charge is 0.476 e. The monoisotopic (exact) mass is 268 g/mol. The highest BCUT2D eigenvalue weighted by Gasteiger charge is 2.36. The number of carbonyl (C=O) groups is 2. The van der Waals surface area contributed by atoms with Crippen molar-refractivity contribution in [2.24, 2.45) is 0 Å². The molecule has 1 aromatic rings. The minimum absolute atomic E-state index is 0.0640. The standard InChI is InChI=1S/C12H16N2O5/c1-12(2,3)18-11(17)13-9-7(6-4-5-6)8(10(15)16)14-19-9/h6H,4-5H2,1-3H3,(H,13,17)(H,15,16). The van der Waals surface area contributed by atoms with Crippen LogP contribution in [0.3, 0.4) is 0 Å². The predicted octanol–water partition coefficient (Wildman–Crippen LogP) is 2.60. The van der Waals surface area contributed by atoms with E-state index in [0.29, 0.717) is 5.56 Å². The third-order valence-electron chi connectivity index (χ3n) is 2.53. The molecule has 0 spiro atoms. The predicted molar refractivity (Wildman–Crippen MR) is 65.3 cm³/mol. The average Bonchev–Trinajstić information content (AvgIpc) is 2.97. The van der Waals surface area contributed by atoms with Crippen molar-refractivity contribution < 1.29 is 24.0 Å². The van der Waals surface area contributed by atoms with Crippen molar-refractivity contribution in [3.8, 4) is 0 Å². The lowest BCUT2D eigenvalue weighted by atomic mass is 10.1. The van der Waals surface area contributed by atoms with Crippen LogP contribution < -0.4 is 5.32 Å². The van der Waals surface area contributed by atoms with Crippen LogP contribution in [0, 0.1) is 0 Å². The number of ether oxygens (including phenoxy) is 1. The maximum Gasteiger partial charge on any atom is 0.414 e. The van der Waals surface area contributed by atoms with Crippen LogP contribution in [0.15, 0.2) is 4.52 Å². The van der Waals surface area contributed by atoms with Gasteiger partial charge < -0.3 is 14.4 Å². The number of aromatic nitrogens is 1. The minimum atomic E-state index is -1.16. The molecule has 1 amide bonds. The summed E-state index contributed by atoms with van der Waals surface area (Å²) in [7, 11) is 0. The first kappa shape index (κ1) is 13.4. The highest BCUT2D eigenvalue weighted by molar-refractivity contribution is 5.91. The molecule has 7 heteroatoms. The molecule has 0 aliphatic heterocycles. The summed E-state index contributed by atoms with van der Waals surface area (Å²) in [5, 5.41) is 14.9. The second kappa shape index (κ2) is 4.56. The Hall–Kier alpha value is -2.05. The number of anilines is 1. The molecule has 0 bridgehead atoms. The zero-order chi connectivity index (χ0) is 14.2. The Bertz CT molecular complexity index is 511. The first-order valence-electron chi connectivity index (χ1n) is 6.01. The zero-order valence-electron chi connectivity index (χ0n) is 11.0. The normalized spacial score (nSPS) is 15.1. The SMILES string of the molecule is CC(C)(C)OC(=O)Nc1onc(C(=O)O)c1C1CC1. The lowest BCUT2D eigenvalue weighted by molar-refractivity contribution is 0.0630. The molecule has 0 saturated heterocycles. The van der Waals surface area contributed by atoms with E-state index in [-0.39, 0.29) is 17.5 Å². The lowest BCUT2D eigenvalue weighted by Gasteiger charge is -2.19. The van der Waals surface area contributed by atoms with Gasteiger partial charge in [-0.05, 0) is 39.5 Å². The molecule has 7 nitrogen and oxygen atoms in total. The number of aromatic carboxylic acids is 1. The maximum atomic E-state index is 11.6. The fourth-order valence-corrected chi connectivity index (χ4v) is 1.69. The summed E-state index contributed by atoms with van der Waals surface area (Å²) in [6, 6.07) is 0. The van der Waals surface area contributed by atoms with E-state index in [4.69, 9.17) is 14.4 Å². The van der Waals surface area contributed by atoms with Gasteiger partial charge in [0.1, 0.15) is 5.60 Å². The van der Waals surface area contributed by atoms with E-state index < -0.39 is 17.7 Å². The van der Waals surface area contributed by atoms with Gasteiger partial charge in [0.05, 0.1) is 5.56 Å². The number of nitrogens with one attached hydrogen (secondary N) is 1. The number of rotatable bonds is 3. The van der Waals surface area contributed by atoms with E-state index in [9.17, 15) is 9.59 Å². The topological polar surface area (TPSA) is 102 Å². The molecule has 0 unspecified atom stereocenters. The molecule has 0 aromatic carbocycles. The van der Waals surface area contributed by atoms with Crippen molar-refractivity contribution in [3.63, 3.8) is 0 Å². The number of carboxylic acid groups (broad SMARTS) is 1. The number of carbonyl (C=O) groups excluding carboxylic acids is 1. The Morgan fingerprint density at radius 3 is 2.53 bits per heavy atom. The van der Waals surface area contributed by atoms with Crippen LogP contribution >= 0.6 is 0 Å². The van der Waals surface area contributed by atoms with Crippen LogP contribution in [-0.2, 0) is 4.74 Å². The summed E-state index contributed by atoms with van der Waals surface area (Å²) < 4.78 is 9.98. The highest BCUT2D eigenvalue weighted by Crippen LogP contribution is 2.45. The second-order valence-electron chi connectivity index (χ2n) is 5.48. The molecule has 1 aliphatic rings. The van der Waals surface area contributed by atoms with E-state index in [1.807, 2.05) is 0 Å². The first-order valence-corrected chi connectivity index (χ1v) is 6.01. The minimum Gasteiger partial charge on any atom is -0.476 e. The quantitative estimate of drug-likeness (QED) is 0.873. The van der Waals surface area contributed by atoms with Crippen LogP contribution in [-0.4, -0.2) is 27.9 Å². The third-order valence-corrected chi connectivity index (χ3v) is 2.53. The molecule has 1 aliphatic carbocycles. The number of carboxylic acids is 1. The summed E-state index contributed by atoms with van der Waals surface area (Å²) in [4.78, 5) is 22.6. The summed E-state index contributed by atoms with van der Waals surface area (Å²) in [6.45, 7) is 5.20. The Kier molecular flexibility index (Phi) is 3.21. The lowest BCUT2D eigenvalue weighted by Crippen LogP contribution is -2.27. The molecule has 0 atom stereocenters. The van der Waals surface area contributed by atoms with Crippen LogP contribution in [0.2, 0.25) is 0 Å². The van der Waals surface area contributed by atoms with Gasteiger partial charge in [0, 0.05) is 0 Å². The smallest absolute Gasteiger partial charge is 0.414 e. The molecule has 19 heavy (non-hydrogen) atoms. The molecule has 2 rings (SSSR count). The van der Waals surface area contributed by atoms with Crippen LogP contribution in [0.5, 0.6) is 0 Å². The Morgan fingerprint density at radius 1 is 1.42 bits per heavy atom. The molecule has 1 fully saturated rings. The number of nitrogens with zero attached hydrogens (tertiary/aromatic N) is 1. The molecule has 1 heterocycles. The van der Waals surface area contributed by atoms with Crippen molar-refractivity contribution in [3.05, 3.63) is 11.3 Å². The van der Waals surface area contributed by atoms with E-state index in [1.165, 1.54) is 0 Å². The fourth-order valence-electron chi connectivity index (χ4n) is 1.69. The van der Waals surface area contributed by atoms with Gasteiger partial charge in [-0.25, -0.2) is 9.59 Å². The van der Waals surface area contributed by atoms with Crippen molar-refractivity contribution >= 4 is 17.9 Å². The Labute approximate surface area is 109 Å². The molecule has 2 N–H and O–H groups in total. The summed E-state index contributed by atoms with van der Waals surface area (Å²) in [6.07, 6.45) is 1.04. The molecule has 0 radical (unpaired) electrons. The van der Waals surface area contributed by atoms with Gasteiger partial charge in [0.2, 0.25) is 5.88 Å². The maximum absolute atomic E-state index is 11.6. The summed E-state index contributed by atoms with van der Waals surface area (Å²) >= 11 is 0. The average molecular weight is 268 g/mol. The van der Waals surface area contributed by atoms with Crippen LogP contribution in [0.1, 0.15) is 55.6 Å². The number of hydrogen-bond donors (Lipinski definition) is 2. The Morgan fingerprint density at radius 2 is 2.05 bits per heavy atom. The van der Waals surface area contributed by atoms with Gasteiger partial charge in [0.15, 0.2) is 5.69 Å². The van der Waals surface area contributed by atoms with Crippen LogP contribution in [0.4, 0.5) is 10.7 Å². The van der Waals surface area contributed by atoms with Gasteiger partial charge in [-0.15, -0.1) is 0 Å². The highest BCUT2D eigenvalue weighted by atomic mass is 16.6. The molecule has 104 valence electrons. The second-order valence-corrected chi connectivity index (χ2v) is 5.48. The molecular formula is C12H16N2O5. The van der Waals surface area contributed by atoms with Crippen molar-refractivity contribution in [1.82, 2.24) is 5.16 Å². The van der Waals surface area contributed by atoms with E-state index in [0.717, 1.165) is 12.8 Å². The summed E-state index contributed by atoms with van der Waals surface area (Å²) in [5.41, 5.74) is -0.341. The molecule has 1 aromatic heterocycles. The fraction of sp³-hybridized carbons (Fsp3) is 0.583. The van der Waals surface area contributed by atoms with Gasteiger partial charge in [0.25, 0.3) is 0 Å². The number of hydrogen-bond acceptors (Lipinski definition) is 5. The van der Waals surface area contributed by atoms with Crippen molar-refractivity contribution in [2.45, 2.75) is 45.1 Å². The van der Waals surface area contributed by atoms with Gasteiger partial charge >= 0.3 is 12.1 Å². The van der Waals surface area contributed by atoms with E-state index in [2.05, 4.69) is 10.5 Å². The third kappa shape index (κ3) is 3.24. The molecule has 1 saturated carbocycles. The van der Waals surface area contributed by atoms with Gasteiger partial charge in [-0.3, -0.25) is 5.32 Å². The number of amides is 1. The van der Waals surface area contributed by atoms with E-state index in [1.54, 1.807) is 20.8 Å². The van der Waals surface area contributed by atoms with E-state index >= 15 is 0 Å². The van der Waals surface area contributed by atoms with Crippen molar-refractivity contribution in [2.75, 3.05) is 5.32 Å². The Balaban J connectivity index is 2.17. The van der Waals surface area contributed by atoms with Crippen molar-refractivity contribution in [1.29, 1.82) is 0 Å².